The molecule has 0 unspecified atom stereocenters. The number of ether oxygens (including phenoxy) is 2. The van der Waals surface area contributed by atoms with Crippen LogP contribution in [0.1, 0.15) is 27.7 Å². The molecule has 1 aromatic rings. The number of nitrogens with zero attached hydrogens (tertiary/aromatic N) is 1. The van der Waals surface area contributed by atoms with E-state index in [1.165, 1.54) is 0 Å². The summed E-state index contributed by atoms with van der Waals surface area (Å²) in [6.07, 6.45) is 3.45. The maximum Gasteiger partial charge on any atom is 0.415 e. The van der Waals surface area contributed by atoms with Gasteiger partial charge in [0, 0.05) is 12.2 Å². The zero-order valence-electron chi connectivity index (χ0n) is 12.8. The van der Waals surface area contributed by atoms with E-state index >= 15 is 0 Å². The highest BCUT2D eigenvalue weighted by Crippen LogP contribution is 2.21. The van der Waals surface area contributed by atoms with Gasteiger partial charge in [0.05, 0.1) is 7.11 Å². The van der Waals surface area contributed by atoms with Gasteiger partial charge in [0.25, 0.3) is 0 Å². The highest BCUT2D eigenvalue weighted by Gasteiger charge is 2.22. The second-order valence-electron chi connectivity index (χ2n) is 5.36. The van der Waals surface area contributed by atoms with Gasteiger partial charge in [-0.15, -0.1) is 0 Å². The van der Waals surface area contributed by atoms with Crippen molar-refractivity contribution in [1.29, 1.82) is 0 Å². The Morgan fingerprint density at radius 2 is 1.85 bits per heavy atom. The molecule has 1 aromatic carbocycles. The standard InChI is InChI=1S/C16H23NO3/c1-6-7-12-17(15(18)20-16(2,3)4)13-8-10-14(19-5)11-9-13/h6-11H,12H2,1-5H3/b7-6+. The van der Waals surface area contributed by atoms with Gasteiger partial charge in [0.15, 0.2) is 0 Å². The van der Waals surface area contributed by atoms with Crippen molar-refractivity contribution in [3.63, 3.8) is 0 Å². The van der Waals surface area contributed by atoms with Crippen molar-refractivity contribution in [2.75, 3.05) is 18.6 Å². The summed E-state index contributed by atoms with van der Waals surface area (Å²) in [5.41, 5.74) is 0.260. The summed E-state index contributed by atoms with van der Waals surface area (Å²) >= 11 is 0. The van der Waals surface area contributed by atoms with Gasteiger partial charge < -0.3 is 9.47 Å². The lowest BCUT2D eigenvalue weighted by Crippen LogP contribution is -2.37. The van der Waals surface area contributed by atoms with Crippen LogP contribution in [0.5, 0.6) is 5.75 Å². The summed E-state index contributed by atoms with van der Waals surface area (Å²) < 4.78 is 10.6. The van der Waals surface area contributed by atoms with E-state index in [1.807, 2.05) is 64.1 Å². The Labute approximate surface area is 121 Å². The minimum Gasteiger partial charge on any atom is -0.497 e. The third-order valence-corrected chi connectivity index (χ3v) is 2.52. The molecule has 4 nitrogen and oxygen atoms in total. The van der Waals surface area contributed by atoms with E-state index in [9.17, 15) is 4.79 Å². The Kier molecular flexibility index (Phi) is 5.62. The van der Waals surface area contributed by atoms with Crippen LogP contribution in [0, 0.1) is 0 Å². The number of anilines is 1. The van der Waals surface area contributed by atoms with E-state index in [2.05, 4.69) is 0 Å². The molecule has 0 radical (unpaired) electrons. The second-order valence-corrected chi connectivity index (χ2v) is 5.36. The number of benzene rings is 1. The van der Waals surface area contributed by atoms with Crippen LogP contribution in [0.25, 0.3) is 0 Å². The van der Waals surface area contributed by atoms with E-state index in [-0.39, 0.29) is 6.09 Å². The second kappa shape index (κ2) is 6.98. The molecule has 0 saturated carbocycles. The van der Waals surface area contributed by atoms with Crippen molar-refractivity contribution in [2.24, 2.45) is 0 Å². The number of methoxy groups -OCH3 is 1. The van der Waals surface area contributed by atoms with Crippen molar-refractivity contribution >= 4 is 11.8 Å². The summed E-state index contributed by atoms with van der Waals surface area (Å²) in [5, 5.41) is 0. The molecule has 0 saturated heterocycles. The first-order chi connectivity index (χ1) is 9.37. The molecule has 1 amide bonds. The highest BCUT2D eigenvalue weighted by atomic mass is 16.6. The van der Waals surface area contributed by atoms with E-state index < -0.39 is 5.60 Å². The molecule has 4 heteroatoms. The number of carbonyl (C=O) groups excluding carboxylic acids is 1. The lowest BCUT2D eigenvalue weighted by Gasteiger charge is -2.26. The molecule has 1 rings (SSSR count). The molecule has 0 atom stereocenters. The maximum absolute atomic E-state index is 12.3. The zero-order chi connectivity index (χ0) is 15.2. The van der Waals surface area contributed by atoms with E-state index in [0.29, 0.717) is 6.54 Å². The fraction of sp³-hybridized carbons (Fsp3) is 0.438. The summed E-state index contributed by atoms with van der Waals surface area (Å²) in [6.45, 7) is 7.95. The van der Waals surface area contributed by atoms with Gasteiger partial charge >= 0.3 is 6.09 Å². The van der Waals surface area contributed by atoms with Gasteiger partial charge in [-0.2, -0.15) is 0 Å². The Hall–Kier alpha value is -1.97. The van der Waals surface area contributed by atoms with Crippen LogP contribution in [0.4, 0.5) is 10.5 Å². The van der Waals surface area contributed by atoms with Crippen LogP contribution in [-0.2, 0) is 4.74 Å². The molecule has 0 aliphatic heterocycles. The molecule has 0 bridgehead atoms. The van der Waals surface area contributed by atoms with Crippen LogP contribution < -0.4 is 9.64 Å². The third-order valence-electron chi connectivity index (χ3n) is 2.52. The normalized spacial score (nSPS) is 11.4. The summed E-state index contributed by atoms with van der Waals surface area (Å²) in [7, 11) is 1.61. The maximum atomic E-state index is 12.3. The van der Waals surface area contributed by atoms with Crippen molar-refractivity contribution in [1.82, 2.24) is 0 Å². The molecule has 20 heavy (non-hydrogen) atoms. The summed E-state index contributed by atoms with van der Waals surface area (Å²) in [6, 6.07) is 7.32. The van der Waals surface area contributed by atoms with Crippen molar-refractivity contribution in [3.05, 3.63) is 36.4 Å². The van der Waals surface area contributed by atoms with Crippen LogP contribution in [0.15, 0.2) is 36.4 Å². The minimum atomic E-state index is -0.516. The smallest absolute Gasteiger partial charge is 0.415 e. The SMILES string of the molecule is C/C=C/CN(C(=O)OC(C)(C)C)c1ccc(OC)cc1. The Bertz CT molecular complexity index is 458. The third kappa shape index (κ3) is 4.96. The quantitative estimate of drug-likeness (QED) is 0.780. The number of rotatable bonds is 4. The summed E-state index contributed by atoms with van der Waals surface area (Å²) in [4.78, 5) is 13.8. The van der Waals surface area contributed by atoms with Crippen LogP contribution >= 0.6 is 0 Å². The number of amides is 1. The Balaban J connectivity index is 2.95. The van der Waals surface area contributed by atoms with Crippen LogP contribution in [0.3, 0.4) is 0 Å². The molecular formula is C16H23NO3. The van der Waals surface area contributed by atoms with E-state index in [4.69, 9.17) is 9.47 Å². The van der Waals surface area contributed by atoms with Crippen molar-refractivity contribution < 1.29 is 14.3 Å². The number of hydrogen-bond donors (Lipinski definition) is 0. The van der Waals surface area contributed by atoms with Crippen LogP contribution in [0.2, 0.25) is 0 Å². The first-order valence-electron chi connectivity index (χ1n) is 6.63. The molecule has 0 heterocycles. The number of carbonyl (C=O) groups is 1. The topological polar surface area (TPSA) is 38.8 Å². The first kappa shape index (κ1) is 16.1. The predicted molar refractivity (Wildman–Crippen MR) is 81.4 cm³/mol. The van der Waals surface area contributed by atoms with Crippen molar-refractivity contribution in [3.8, 4) is 5.75 Å². The fourth-order valence-corrected chi connectivity index (χ4v) is 1.58. The van der Waals surface area contributed by atoms with Gasteiger partial charge in [-0.25, -0.2) is 4.79 Å². The Morgan fingerprint density at radius 3 is 2.30 bits per heavy atom. The number of allylic oxidation sites excluding steroid dienone is 1. The molecule has 0 aliphatic carbocycles. The predicted octanol–water partition coefficient (Wildman–Crippen LogP) is 4.01. The average molecular weight is 277 g/mol. The van der Waals surface area contributed by atoms with Crippen LogP contribution in [-0.4, -0.2) is 25.3 Å². The van der Waals surface area contributed by atoms with Crippen molar-refractivity contribution in [2.45, 2.75) is 33.3 Å². The lowest BCUT2D eigenvalue weighted by atomic mass is 10.2. The highest BCUT2D eigenvalue weighted by molar-refractivity contribution is 5.88. The lowest BCUT2D eigenvalue weighted by molar-refractivity contribution is 0.0584. The van der Waals surface area contributed by atoms with E-state index in [1.54, 1.807) is 12.0 Å². The van der Waals surface area contributed by atoms with Gasteiger partial charge in [0.1, 0.15) is 11.4 Å². The Morgan fingerprint density at radius 1 is 1.25 bits per heavy atom. The first-order valence-corrected chi connectivity index (χ1v) is 6.63. The van der Waals surface area contributed by atoms with Gasteiger partial charge in [-0.05, 0) is 52.0 Å². The average Bonchev–Trinajstić information content (AvgIpc) is 2.38. The molecule has 0 aromatic heterocycles. The summed E-state index contributed by atoms with van der Waals surface area (Å²) in [5.74, 6) is 0.754. The largest absolute Gasteiger partial charge is 0.497 e. The van der Waals surface area contributed by atoms with Gasteiger partial charge in [-0.3, -0.25) is 4.90 Å². The monoisotopic (exact) mass is 277 g/mol. The number of hydrogen-bond acceptors (Lipinski definition) is 3. The molecule has 0 aliphatic rings. The molecule has 0 fully saturated rings. The van der Waals surface area contributed by atoms with E-state index in [0.717, 1.165) is 11.4 Å². The minimum absolute atomic E-state index is 0.360. The molecule has 110 valence electrons. The fourth-order valence-electron chi connectivity index (χ4n) is 1.58. The zero-order valence-corrected chi connectivity index (χ0v) is 12.8. The molecular weight excluding hydrogens is 254 g/mol. The van der Waals surface area contributed by atoms with Gasteiger partial charge in [-0.1, -0.05) is 12.2 Å². The molecule has 0 N–H and O–H groups in total. The van der Waals surface area contributed by atoms with Gasteiger partial charge in [0.2, 0.25) is 0 Å². The molecule has 0 spiro atoms.